The van der Waals surface area contributed by atoms with Gasteiger partial charge in [0.1, 0.15) is 23.2 Å². The second-order valence-corrected chi connectivity index (χ2v) is 20.2. The van der Waals surface area contributed by atoms with E-state index in [1.807, 2.05) is 11.0 Å². The highest BCUT2D eigenvalue weighted by Gasteiger charge is 2.45. The number of fused-ring (bicyclic) bond motifs is 2. The van der Waals surface area contributed by atoms with Gasteiger partial charge in [0.15, 0.2) is 17.4 Å². The molecular weight excluding hydrogens is 895 g/mol. The van der Waals surface area contributed by atoms with Gasteiger partial charge in [-0.15, -0.1) is 0 Å². The number of rotatable bonds is 10. The molecule has 4 saturated heterocycles. The predicted molar refractivity (Wildman–Crippen MR) is 240 cm³/mol. The van der Waals surface area contributed by atoms with E-state index in [2.05, 4.69) is 20.1 Å². The van der Waals surface area contributed by atoms with Gasteiger partial charge in [-0.2, -0.15) is 10.4 Å². The number of sulfonamides is 1. The minimum absolute atomic E-state index is 0.0217. The van der Waals surface area contributed by atoms with Crippen molar-refractivity contribution in [3.05, 3.63) is 76.3 Å². The van der Waals surface area contributed by atoms with Crippen LogP contribution in [0.25, 0.3) is 21.8 Å². The summed E-state index contributed by atoms with van der Waals surface area (Å²) in [5.41, 5.74) is -1.58. The average molecular weight is 943 g/mol. The predicted octanol–water partition coefficient (Wildman–Crippen LogP) is 4.57. The molecule has 22 heteroatoms. The van der Waals surface area contributed by atoms with Crippen molar-refractivity contribution in [3.8, 4) is 17.6 Å². The first-order valence-corrected chi connectivity index (χ1v) is 23.5. The number of piperidine rings is 2. The number of aryl methyl sites for hydroxylation is 1. The van der Waals surface area contributed by atoms with Crippen molar-refractivity contribution in [1.82, 2.24) is 29.5 Å². The highest BCUT2D eigenvalue weighted by Crippen LogP contribution is 2.42. The lowest BCUT2D eigenvalue weighted by atomic mass is 9.85. The van der Waals surface area contributed by atoms with E-state index in [0.717, 1.165) is 12.1 Å². The molecule has 6 heterocycles. The Balaban J connectivity index is 0.813. The third kappa shape index (κ3) is 8.62. The number of hydrogen-bond donors (Lipinski definition) is 3. The van der Waals surface area contributed by atoms with Crippen LogP contribution in [0.4, 0.5) is 30.8 Å². The van der Waals surface area contributed by atoms with Gasteiger partial charge in [-0.3, -0.25) is 38.6 Å². The Morgan fingerprint density at radius 1 is 1.03 bits per heavy atom. The van der Waals surface area contributed by atoms with Crippen molar-refractivity contribution in [2.45, 2.75) is 81.3 Å². The van der Waals surface area contributed by atoms with Crippen LogP contribution < -0.4 is 30.1 Å². The number of nitrogens with zero attached hydrogens (tertiary/aromatic N) is 8. The summed E-state index contributed by atoms with van der Waals surface area (Å²) < 4.78 is 73.4. The second kappa shape index (κ2) is 17.2. The average Bonchev–Trinajstić information content (AvgIpc) is 3.84. The summed E-state index contributed by atoms with van der Waals surface area (Å²) in [6.45, 7) is 4.61. The molecular formula is C45H48F2N10O9S. The third-order valence-electron chi connectivity index (χ3n) is 13.4. The first-order chi connectivity index (χ1) is 31.9. The van der Waals surface area contributed by atoms with E-state index in [1.54, 1.807) is 22.7 Å². The van der Waals surface area contributed by atoms with Crippen molar-refractivity contribution in [2.75, 3.05) is 53.9 Å². The summed E-state index contributed by atoms with van der Waals surface area (Å²) in [4.78, 5) is 61.1. The normalized spacial score (nSPS) is 19.6. The van der Waals surface area contributed by atoms with Gasteiger partial charge in [0.25, 0.3) is 5.56 Å². The topological polar surface area (TPSA) is 234 Å². The lowest BCUT2D eigenvalue weighted by Gasteiger charge is -2.42. The number of halogens is 2. The second-order valence-electron chi connectivity index (χ2n) is 18.0. The fourth-order valence-electron chi connectivity index (χ4n) is 9.38. The molecule has 9 rings (SSSR count). The molecule has 0 saturated carbocycles. The summed E-state index contributed by atoms with van der Waals surface area (Å²) in [6, 6.07) is 10.3. The number of aliphatic hydroxyl groups is 1. The molecule has 352 valence electrons. The van der Waals surface area contributed by atoms with Gasteiger partial charge in [0, 0.05) is 51.6 Å². The van der Waals surface area contributed by atoms with E-state index in [0.29, 0.717) is 67.5 Å². The van der Waals surface area contributed by atoms with Crippen molar-refractivity contribution >= 4 is 66.9 Å². The van der Waals surface area contributed by atoms with E-state index in [9.17, 15) is 38.0 Å². The van der Waals surface area contributed by atoms with Crippen LogP contribution in [-0.2, 0) is 31.4 Å². The number of carbonyl (C=O) groups is 3. The molecule has 1 atom stereocenters. The van der Waals surface area contributed by atoms with Gasteiger partial charge in [0.2, 0.25) is 21.8 Å². The number of nitrogens with one attached hydrogen (secondary N) is 2. The minimum Gasteiger partial charge on any atom is -0.453 e. The number of nitriles is 1. The molecule has 5 aromatic rings. The monoisotopic (exact) mass is 942 g/mol. The van der Waals surface area contributed by atoms with Crippen molar-refractivity contribution in [1.29, 1.82) is 5.26 Å². The first-order valence-electron chi connectivity index (χ1n) is 22.0. The number of anilines is 3. The van der Waals surface area contributed by atoms with Crippen LogP contribution in [0.1, 0.15) is 70.4 Å². The minimum atomic E-state index is -3.87. The summed E-state index contributed by atoms with van der Waals surface area (Å²) in [6.07, 6.45) is 3.40. The lowest BCUT2D eigenvalue weighted by molar-refractivity contribution is -0.142. The Morgan fingerprint density at radius 3 is 2.48 bits per heavy atom. The van der Waals surface area contributed by atoms with Crippen LogP contribution in [0, 0.1) is 23.0 Å². The van der Waals surface area contributed by atoms with Crippen molar-refractivity contribution in [2.24, 2.45) is 7.05 Å². The Kier molecular flexibility index (Phi) is 11.7. The molecule has 0 unspecified atom stereocenters. The number of carbonyl (C=O) groups excluding carboxylic acids is 3. The number of likely N-dealkylation sites (tertiary alicyclic amines) is 1. The standard InChI is InChI=1S/C45H48F2N10O9S/c1-26(2)67(63,64)52-35-7-5-32(46)40(31(35)23-48)66-28-4-6-34-29(18-28)42(60)57(25-49-34)27-21-45(65-24-27)11-16-55(17-12-45)39(59)22-44(62)9-14-54(15-10-44)37-20-36-30(19-33(37)47)41(51-53(36)3)56-13-8-38(58)50-43(56)61/h4-7,18-20,25-27,52,62H,8-17,21-22,24H2,1-3H3,(H,50,58,61)/t27-/m1/s1. The van der Waals surface area contributed by atoms with E-state index in [4.69, 9.17) is 9.47 Å². The van der Waals surface area contributed by atoms with Gasteiger partial charge >= 0.3 is 6.03 Å². The number of aromatic nitrogens is 4. The molecule has 19 nitrogen and oxygen atoms in total. The van der Waals surface area contributed by atoms with E-state index in [1.165, 1.54) is 53.9 Å². The number of imide groups is 1. The summed E-state index contributed by atoms with van der Waals surface area (Å²) in [5, 5.41) is 28.0. The van der Waals surface area contributed by atoms with Gasteiger partial charge < -0.3 is 24.4 Å². The third-order valence-corrected chi connectivity index (χ3v) is 15.1. The molecule has 4 amide bonds. The summed E-state index contributed by atoms with van der Waals surface area (Å²) in [7, 11) is -2.18. The van der Waals surface area contributed by atoms with Crippen LogP contribution in [0.3, 0.4) is 0 Å². The maximum absolute atomic E-state index is 15.7. The van der Waals surface area contributed by atoms with E-state index in [-0.39, 0.29) is 84.9 Å². The van der Waals surface area contributed by atoms with Gasteiger partial charge in [-0.05, 0) is 88.4 Å². The highest BCUT2D eigenvalue weighted by molar-refractivity contribution is 7.93. The zero-order valence-electron chi connectivity index (χ0n) is 36.9. The molecule has 67 heavy (non-hydrogen) atoms. The fraction of sp³-hybridized carbons (Fsp3) is 0.444. The Hall–Kier alpha value is -6.70. The smallest absolute Gasteiger partial charge is 0.329 e. The number of ether oxygens (including phenoxy) is 2. The van der Waals surface area contributed by atoms with E-state index >= 15 is 8.78 Å². The van der Waals surface area contributed by atoms with Crippen LogP contribution in [0.15, 0.2) is 53.6 Å². The summed E-state index contributed by atoms with van der Waals surface area (Å²) in [5.74, 6) is -2.26. The number of benzene rings is 3. The largest absolute Gasteiger partial charge is 0.453 e. The zero-order valence-corrected chi connectivity index (χ0v) is 37.7. The number of urea groups is 1. The van der Waals surface area contributed by atoms with Gasteiger partial charge in [0.05, 0.1) is 69.6 Å². The van der Waals surface area contributed by atoms with Crippen molar-refractivity contribution < 1.29 is 46.2 Å². The summed E-state index contributed by atoms with van der Waals surface area (Å²) >= 11 is 0. The lowest BCUT2D eigenvalue weighted by Crippen LogP contribution is -2.51. The molecule has 0 bridgehead atoms. The molecule has 4 fully saturated rings. The molecule has 4 aliphatic rings. The highest BCUT2D eigenvalue weighted by atomic mass is 32.2. The Bertz CT molecular complexity index is 3060. The SMILES string of the molecule is CC(C)S(=O)(=O)Nc1ccc(F)c(Oc2ccc3ncn([C@H]4COC5(CCN(C(=O)CC6(O)CCN(c7cc8c(cc7F)c(N7CCC(=O)NC7=O)nn8C)CC6)CC5)C4)c(=O)c3c2)c1C#N. The fourth-order valence-corrected chi connectivity index (χ4v) is 10.1. The Morgan fingerprint density at radius 2 is 1.78 bits per heavy atom. The zero-order chi connectivity index (χ0) is 47.6. The van der Waals surface area contributed by atoms with Crippen LogP contribution >= 0.6 is 0 Å². The molecule has 0 aliphatic carbocycles. The van der Waals surface area contributed by atoms with Crippen LogP contribution in [0.2, 0.25) is 0 Å². The number of amides is 4. The molecule has 1 spiro atoms. The van der Waals surface area contributed by atoms with Gasteiger partial charge in [-0.1, -0.05) is 0 Å². The van der Waals surface area contributed by atoms with Gasteiger partial charge in [-0.25, -0.2) is 27.0 Å². The van der Waals surface area contributed by atoms with Crippen LogP contribution in [-0.4, -0.2) is 111 Å². The molecule has 4 aliphatic heterocycles. The molecule has 3 aromatic carbocycles. The maximum atomic E-state index is 15.7. The Labute approximate surface area is 382 Å². The van der Waals surface area contributed by atoms with E-state index < -0.39 is 55.4 Å². The van der Waals surface area contributed by atoms with Crippen LogP contribution in [0.5, 0.6) is 11.5 Å². The first kappa shape index (κ1) is 45.5. The molecule has 2 aromatic heterocycles. The van der Waals surface area contributed by atoms with Crippen molar-refractivity contribution in [3.63, 3.8) is 0 Å². The maximum Gasteiger partial charge on any atom is 0.329 e. The number of hydrogen-bond acceptors (Lipinski definition) is 13. The quantitative estimate of drug-likeness (QED) is 0.174. The molecule has 0 radical (unpaired) electrons. The molecule has 3 N–H and O–H groups in total.